The molecule has 1 amide bonds. The molecule has 3 aromatic rings. The molecule has 0 radical (unpaired) electrons. The number of benzene rings is 1. The predicted molar refractivity (Wildman–Crippen MR) is 97.9 cm³/mol. The van der Waals surface area contributed by atoms with Crippen LogP contribution in [-0.4, -0.2) is 28.4 Å². The standard InChI is InChI=1S/C20H23N3O2/c1-15-6-5-7-18(16(15)2)25-13-10-20(24)21-11-9-17-14-23-12-4-3-8-19(23)22-17/h3-8,12,14H,9-11,13H2,1-2H3,(H,21,24). The van der Waals surface area contributed by atoms with Crippen LogP contribution in [0.3, 0.4) is 0 Å². The average Bonchev–Trinajstić information content (AvgIpc) is 3.01. The molecule has 0 aliphatic carbocycles. The smallest absolute Gasteiger partial charge is 0.223 e. The van der Waals surface area contributed by atoms with E-state index < -0.39 is 0 Å². The highest BCUT2D eigenvalue weighted by Gasteiger charge is 2.06. The minimum Gasteiger partial charge on any atom is -0.493 e. The third-order valence-corrected chi connectivity index (χ3v) is 4.26. The molecule has 1 N–H and O–H groups in total. The molecule has 1 aromatic carbocycles. The summed E-state index contributed by atoms with van der Waals surface area (Å²) in [7, 11) is 0. The number of hydrogen-bond acceptors (Lipinski definition) is 3. The van der Waals surface area contributed by atoms with Crippen molar-refractivity contribution in [1.29, 1.82) is 0 Å². The van der Waals surface area contributed by atoms with Crippen LogP contribution in [0.4, 0.5) is 0 Å². The first kappa shape index (κ1) is 17.0. The zero-order chi connectivity index (χ0) is 17.6. The molecule has 2 heterocycles. The van der Waals surface area contributed by atoms with E-state index in [2.05, 4.69) is 10.3 Å². The fourth-order valence-corrected chi connectivity index (χ4v) is 2.66. The van der Waals surface area contributed by atoms with Crippen molar-refractivity contribution in [2.75, 3.05) is 13.2 Å². The van der Waals surface area contributed by atoms with Gasteiger partial charge in [-0.05, 0) is 43.2 Å². The quantitative estimate of drug-likeness (QED) is 0.721. The highest BCUT2D eigenvalue weighted by Crippen LogP contribution is 2.20. The number of fused-ring (bicyclic) bond motifs is 1. The van der Waals surface area contributed by atoms with Crippen LogP contribution in [0, 0.1) is 13.8 Å². The summed E-state index contributed by atoms with van der Waals surface area (Å²) < 4.78 is 7.70. The van der Waals surface area contributed by atoms with Gasteiger partial charge in [0, 0.05) is 25.4 Å². The molecule has 0 aliphatic heterocycles. The van der Waals surface area contributed by atoms with E-state index in [0.29, 0.717) is 26.0 Å². The van der Waals surface area contributed by atoms with Gasteiger partial charge in [-0.1, -0.05) is 18.2 Å². The van der Waals surface area contributed by atoms with E-state index in [1.807, 2.05) is 67.0 Å². The van der Waals surface area contributed by atoms with Gasteiger partial charge in [-0.15, -0.1) is 0 Å². The second kappa shape index (κ2) is 7.83. The van der Waals surface area contributed by atoms with Gasteiger partial charge in [0.2, 0.25) is 5.91 Å². The van der Waals surface area contributed by atoms with Crippen molar-refractivity contribution in [2.45, 2.75) is 26.7 Å². The highest BCUT2D eigenvalue weighted by molar-refractivity contribution is 5.76. The molecule has 2 aromatic heterocycles. The first-order chi connectivity index (χ1) is 12.1. The zero-order valence-corrected chi connectivity index (χ0v) is 14.7. The number of aryl methyl sites for hydroxylation is 1. The van der Waals surface area contributed by atoms with Crippen LogP contribution in [0.25, 0.3) is 5.65 Å². The van der Waals surface area contributed by atoms with E-state index in [4.69, 9.17) is 4.74 Å². The van der Waals surface area contributed by atoms with Crippen molar-refractivity contribution in [2.24, 2.45) is 0 Å². The largest absolute Gasteiger partial charge is 0.493 e. The maximum absolute atomic E-state index is 11.9. The molecule has 0 aliphatic rings. The van der Waals surface area contributed by atoms with Gasteiger partial charge in [0.05, 0.1) is 18.7 Å². The molecule has 5 heteroatoms. The molecule has 0 saturated carbocycles. The van der Waals surface area contributed by atoms with Gasteiger partial charge in [-0.2, -0.15) is 0 Å². The van der Waals surface area contributed by atoms with E-state index in [1.165, 1.54) is 5.56 Å². The minimum atomic E-state index is -0.00549. The minimum absolute atomic E-state index is 0.00549. The molecule has 5 nitrogen and oxygen atoms in total. The lowest BCUT2D eigenvalue weighted by atomic mass is 10.1. The molecule has 0 saturated heterocycles. The van der Waals surface area contributed by atoms with Crippen LogP contribution in [0.15, 0.2) is 48.8 Å². The monoisotopic (exact) mass is 337 g/mol. The Balaban J connectivity index is 1.40. The molecule has 25 heavy (non-hydrogen) atoms. The second-order valence-electron chi connectivity index (χ2n) is 6.09. The Morgan fingerprint density at radius 1 is 1.20 bits per heavy atom. The number of rotatable bonds is 7. The van der Waals surface area contributed by atoms with Gasteiger partial charge >= 0.3 is 0 Å². The summed E-state index contributed by atoms with van der Waals surface area (Å²) in [6.45, 7) is 5.03. The van der Waals surface area contributed by atoms with Crippen LogP contribution in [-0.2, 0) is 11.2 Å². The van der Waals surface area contributed by atoms with Crippen LogP contribution in [0.1, 0.15) is 23.2 Å². The summed E-state index contributed by atoms with van der Waals surface area (Å²) in [6, 6.07) is 11.8. The van der Waals surface area contributed by atoms with Crippen molar-refractivity contribution >= 4 is 11.6 Å². The number of aromatic nitrogens is 2. The Bertz CT molecular complexity index is 837. The third-order valence-electron chi connectivity index (χ3n) is 4.26. The highest BCUT2D eigenvalue weighted by atomic mass is 16.5. The Kier molecular flexibility index (Phi) is 5.33. The molecule has 130 valence electrons. The SMILES string of the molecule is Cc1cccc(OCCC(=O)NCCc2cn3ccccc3n2)c1C. The van der Waals surface area contributed by atoms with Gasteiger partial charge in [0.15, 0.2) is 0 Å². The maximum Gasteiger partial charge on any atom is 0.223 e. The first-order valence-electron chi connectivity index (χ1n) is 8.52. The van der Waals surface area contributed by atoms with E-state index >= 15 is 0 Å². The lowest BCUT2D eigenvalue weighted by Gasteiger charge is -2.10. The summed E-state index contributed by atoms with van der Waals surface area (Å²) in [5.74, 6) is 0.839. The van der Waals surface area contributed by atoms with Crippen LogP contribution in [0.2, 0.25) is 0 Å². The summed E-state index contributed by atoms with van der Waals surface area (Å²) in [4.78, 5) is 16.4. The van der Waals surface area contributed by atoms with Crippen LogP contribution < -0.4 is 10.1 Å². The summed E-state index contributed by atoms with van der Waals surface area (Å²) in [5.41, 5.74) is 4.20. The van der Waals surface area contributed by atoms with Crippen LogP contribution >= 0.6 is 0 Å². The summed E-state index contributed by atoms with van der Waals surface area (Å²) >= 11 is 0. The van der Waals surface area contributed by atoms with E-state index in [1.54, 1.807) is 0 Å². The number of pyridine rings is 1. The number of hydrogen-bond donors (Lipinski definition) is 1. The van der Waals surface area contributed by atoms with Crippen molar-refractivity contribution in [3.8, 4) is 5.75 Å². The Labute approximate surface area is 147 Å². The average molecular weight is 337 g/mol. The Hall–Kier alpha value is -2.82. The van der Waals surface area contributed by atoms with Gasteiger partial charge in [-0.25, -0.2) is 4.98 Å². The number of nitrogens with one attached hydrogen (secondary N) is 1. The maximum atomic E-state index is 11.9. The molecular formula is C20H23N3O2. The topological polar surface area (TPSA) is 55.6 Å². The molecular weight excluding hydrogens is 314 g/mol. The number of carbonyl (C=O) groups is 1. The molecule has 0 fully saturated rings. The number of ether oxygens (including phenoxy) is 1. The number of nitrogens with zero attached hydrogens (tertiary/aromatic N) is 2. The van der Waals surface area contributed by atoms with E-state index in [-0.39, 0.29) is 5.91 Å². The van der Waals surface area contributed by atoms with Gasteiger partial charge in [0.25, 0.3) is 0 Å². The fraction of sp³-hybridized carbons (Fsp3) is 0.300. The van der Waals surface area contributed by atoms with Gasteiger partial charge < -0.3 is 14.5 Å². The number of amides is 1. The molecule has 0 atom stereocenters. The molecule has 0 spiro atoms. The summed E-state index contributed by atoms with van der Waals surface area (Å²) in [6.07, 6.45) is 5.02. The third kappa shape index (κ3) is 4.38. The zero-order valence-electron chi connectivity index (χ0n) is 14.7. The van der Waals surface area contributed by atoms with Crippen LogP contribution in [0.5, 0.6) is 5.75 Å². The molecule has 0 bridgehead atoms. The van der Waals surface area contributed by atoms with Crippen molar-refractivity contribution < 1.29 is 9.53 Å². The van der Waals surface area contributed by atoms with E-state index in [9.17, 15) is 4.79 Å². The van der Waals surface area contributed by atoms with Gasteiger partial charge in [0.1, 0.15) is 11.4 Å². The Morgan fingerprint density at radius 3 is 2.92 bits per heavy atom. The first-order valence-corrected chi connectivity index (χ1v) is 8.52. The van der Waals surface area contributed by atoms with Crippen molar-refractivity contribution in [3.63, 3.8) is 0 Å². The van der Waals surface area contributed by atoms with Crippen molar-refractivity contribution in [3.05, 3.63) is 65.6 Å². The number of imidazole rings is 1. The Morgan fingerprint density at radius 2 is 2.08 bits per heavy atom. The fourth-order valence-electron chi connectivity index (χ4n) is 2.66. The molecule has 3 rings (SSSR count). The number of carbonyl (C=O) groups excluding carboxylic acids is 1. The van der Waals surface area contributed by atoms with Crippen molar-refractivity contribution in [1.82, 2.24) is 14.7 Å². The van der Waals surface area contributed by atoms with Gasteiger partial charge in [-0.3, -0.25) is 4.79 Å². The van der Waals surface area contributed by atoms with E-state index in [0.717, 1.165) is 22.7 Å². The molecule has 0 unspecified atom stereocenters. The summed E-state index contributed by atoms with van der Waals surface area (Å²) in [5, 5.41) is 2.92. The normalized spacial score (nSPS) is 10.8. The predicted octanol–water partition coefficient (Wildman–Crippen LogP) is 3.08. The second-order valence-corrected chi connectivity index (χ2v) is 6.09. The lowest BCUT2D eigenvalue weighted by Crippen LogP contribution is -2.27. The lowest BCUT2D eigenvalue weighted by molar-refractivity contribution is -0.121.